The van der Waals surface area contributed by atoms with Gasteiger partial charge in [0.1, 0.15) is 13.2 Å². The minimum atomic E-state index is -0.808. The van der Waals surface area contributed by atoms with E-state index in [1.807, 2.05) is 0 Å². The molecule has 0 fully saturated rings. The molecule has 0 aromatic rings. The molecule has 0 rings (SSSR count). The number of carbonyl (C=O) groups is 3. The molecule has 0 bridgehead atoms. The van der Waals surface area contributed by atoms with E-state index in [1.54, 1.807) is 0 Å². The van der Waals surface area contributed by atoms with Crippen molar-refractivity contribution in [3.63, 3.8) is 0 Å². The lowest BCUT2D eigenvalue weighted by Gasteiger charge is -2.18. The molecule has 1 unspecified atom stereocenters. The predicted octanol–water partition coefficient (Wildman–Crippen LogP) is 21.7. The summed E-state index contributed by atoms with van der Waals surface area (Å²) in [4.78, 5) is 38.2. The summed E-state index contributed by atoms with van der Waals surface area (Å²) in [6.07, 6.45) is 80.7. The van der Waals surface area contributed by atoms with Crippen molar-refractivity contribution in [1.29, 1.82) is 0 Å². The fraction of sp³-hybridized carbons (Fsp3) is 0.779. The van der Waals surface area contributed by atoms with Gasteiger partial charge in [-0.25, -0.2) is 0 Å². The highest BCUT2D eigenvalue weighted by molar-refractivity contribution is 5.71. The third kappa shape index (κ3) is 59.7. The summed E-state index contributed by atoms with van der Waals surface area (Å²) < 4.78 is 16.9. The Hall–Kier alpha value is -3.15. The number of ether oxygens (including phenoxy) is 3. The molecule has 0 aromatic carbocycles. The lowest BCUT2D eigenvalue weighted by molar-refractivity contribution is -0.167. The Labute approximate surface area is 459 Å². The fourth-order valence-corrected chi connectivity index (χ4v) is 9.18. The second kappa shape index (κ2) is 62.4. The number of esters is 3. The Balaban J connectivity index is 4.33. The largest absolute Gasteiger partial charge is 0.462 e. The molecule has 0 amide bonds. The SMILES string of the molecule is CC/C=C\C/C=C\C/C=C\C/C=C\C/C=C\CCCC(=O)OC(COC(=O)CCCCCCC/C=C\CCCCCCC)COC(=O)CCCCCCCCCCCCCCCCCCCCCCCCCCC. The van der Waals surface area contributed by atoms with E-state index in [4.69, 9.17) is 14.2 Å². The molecule has 0 saturated carbocycles. The summed E-state index contributed by atoms with van der Waals surface area (Å²) in [6, 6.07) is 0. The van der Waals surface area contributed by atoms with E-state index in [9.17, 15) is 14.4 Å². The summed E-state index contributed by atoms with van der Waals surface area (Å²) in [5.74, 6) is -0.952. The van der Waals surface area contributed by atoms with E-state index in [1.165, 1.54) is 193 Å². The number of rotatable bonds is 58. The molecule has 6 heteroatoms. The van der Waals surface area contributed by atoms with Crippen LogP contribution in [0, 0.1) is 0 Å². The quantitative estimate of drug-likeness (QED) is 0.0261. The molecule has 0 heterocycles. The Kier molecular flexibility index (Phi) is 59.7. The highest BCUT2D eigenvalue weighted by Gasteiger charge is 2.19. The third-order valence-corrected chi connectivity index (χ3v) is 13.9. The molecule has 0 aliphatic heterocycles. The number of unbranched alkanes of at least 4 members (excludes halogenated alkanes) is 35. The molecule has 0 radical (unpaired) electrons. The molecule has 74 heavy (non-hydrogen) atoms. The fourth-order valence-electron chi connectivity index (χ4n) is 9.18. The molecule has 0 aliphatic rings. The van der Waals surface area contributed by atoms with Crippen LogP contribution in [-0.2, 0) is 28.6 Å². The average molecular weight is 1030 g/mol. The normalized spacial score (nSPS) is 12.5. The summed E-state index contributed by atoms with van der Waals surface area (Å²) >= 11 is 0. The first kappa shape index (κ1) is 70.8. The van der Waals surface area contributed by atoms with Crippen molar-refractivity contribution in [3.05, 3.63) is 72.9 Å². The summed E-state index contributed by atoms with van der Waals surface area (Å²) in [6.45, 7) is 6.50. The van der Waals surface area contributed by atoms with Gasteiger partial charge in [-0.05, 0) is 83.5 Å². The minimum Gasteiger partial charge on any atom is -0.462 e. The average Bonchev–Trinajstić information content (AvgIpc) is 3.40. The van der Waals surface area contributed by atoms with Crippen molar-refractivity contribution in [2.24, 2.45) is 0 Å². The van der Waals surface area contributed by atoms with E-state index in [0.29, 0.717) is 19.3 Å². The van der Waals surface area contributed by atoms with Gasteiger partial charge in [-0.2, -0.15) is 0 Å². The van der Waals surface area contributed by atoms with Crippen molar-refractivity contribution in [2.45, 2.75) is 329 Å². The zero-order valence-electron chi connectivity index (χ0n) is 49.1. The van der Waals surface area contributed by atoms with Gasteiger partial charge in [0.15, 0.2) is 6.10 Å². The highest BCUT2D eigenvalue weighted by Crippen LogP contribution is 2.17. The van der Waals surface area contributed by atoms with Crippen LogP contribution in [-0.4, -0.2) is 37.2 Å². The Morgan fingerprint density at radius 2 is 0.541 bits per heavy atom. The monoisotopic (exact) mass is 1030 g/mol. The van der Waals surface area contributed by atoms with E-state index < -0.39 is 6.10 Å². The molecule has 428 valence electrons. The van der Waals surface area contributed by atoms with Gasteiger partial charge in [0.05, 0.1) is 0 Å². The second-order valence-corrected chi connectivity index (χ2v) is 21.3. The standard InChI is InChI=1S/C68H120O6/c1-4-7-10-13-16-19-22-25-28-30-31-32-33-34-35-36-37-39-40-43-46-49-52-55-58-61-67(70)73-64-65(63-72-66(69)60-57-54-51-48-45-42-27-24-21-18-15-12-9-6-3)74-68(71)62-59-56-53-50-47-44-41-38-29-26-23-20-17-14-11-8-5-2/h8,11,17,20,24,26-27,29,41,44,50,53,65H,4-7,9-10,12-16,18-19,21-23,25,28,30-40,42-43,45-49,51-52,54-64H2,1-3H3/b11-8-,20-17-,27-24-,29-26-,44-41-,53-50-. The van der Waals surface area contributed by atoms with Gasteiger partial charge in [-0.3, -0.25) is 14.4 Å². The molecular weight excluding hydrogens is 913 g/mol. The number of hydrogen-bond donors (Lipinski definition) is 0. The van der Waals surface area contributed by atoms with Crippen molar-refractivity contribution < 1.29 is 28.6 Å². The van der Waals surface area contributed by atoms with Gasteiger partial charge < -0.3 is 14.2 Å². The Bertz CT molecular complexity index is 1370. The molecule has 1 atom stereocenters. The van der Waals surface area contributed by atoms with Crippen LogP contribution in [0.3, 0.4) is 0 Å². The second-order valence-electron chi connectivity index (χ2n) is 21.3. The maximum Gasteiger partial charge on any atom is 0.306 e. The van der Waals surface area contributed by atoms with Crippen molar-refractivity contribution >= 4 is 17.9 Å². The first-order valence-corrected chi connectivity index (χ1v) is 31.9. The number of hydrogen-bond acceptors (Lipinski definition) is 6. The van der Waals surface area contributed by atoms with E-state index in [-0.39, 0.29) is 37.5 Å². The summed E-state index contributed by atoms with van der Waals surface area (Å²) in [5.41, 5.74) is 0. The molecule has 0 aromatic heterocycles. The van der Waals surface area contributed by atoms with E-state index in [0.717, 1.165) is 83.5 Å². The smallest absolute Gasteiger partial charge is 0.306 e. The van der Waals surface area contributed by atoms with Crippen LogP contribution in [0.4, 0.5) is 0 Å². The van der Waals surface area contributed by atoms with E-state index >= 15 is 0 Å². The van der Waals surface area contributed by atoms with Crippen LogP contribution in [0.15, 0.2) is 72.9 Å². The zero-order chi connectivity index (χ0) is 53.6. The Morgan fingerprint density at radius 3 is 0.878 bits per heavy atom. The van der Waals surface area contributed by atoms with Gasteiger partial charge in [0.25, 0.3) is 0 Å². The first-order valence-electron chi connectivity index (χ1n) is 31.9. The van der Waals surface area contributed by atoms with Crippen molar-refractivity contribution in [1.82, 2.24) is 0 Å². The molecule has 0 spiro atoms. The number of carbonyl (C=O) groups excluding carboxylic acids is 3. The van der Waals surface area contributed by atoms with Gasteiger partial charge in [-0.15, -0.1) is 0 Å². The van der Waals surface area contributed by atoms with Crippen LogP contribution < -0.4 is 0 Å². The van der Waals surface area contributed by atoms with Gasteiger partial charge >= 0.3 is 17.9 Å². The van der Waals surface area contributed by atoms with Crippen LogP contribution in [0.25, 0.3) is 0 Å². The molecular formula is C68H120O6. The third-order valence-electron chi connectivity index (χ3n) is 13.9. The van der Waals surface area contributed by atoms with E-state index in [2.05, 4.69) is 93.7 Å². The van der Waals surface area contributed by atoms with Crippen LogP contribution in [0.2, 0.25) is 0 Å². The summed E-state index contributed by atoms with van der Waals surface area (Å²) in [5, 5.41) is 0. The lowest BCUT2D eigenvalue weighted by Crippen LogP contribution is -2.30. The summed E-state index contributed by atoms with van der Waals surface area (Å²) in [7, 11) is 0. The van der Waals surface area contributed by atoms with Crippen LogP contribution >= 0.6 is 0 Å². The lowest BCUT2D eigenvalue weighted by atomic mass is 10.0. The van der Waals surface area contributed by atoms with Gasteiger partial charge in [0.2, 0.25) is 0 Å². The molecule has 6 nitrogen and oxygen atoms in total. The number of allylic oxidation sites excluding steroid dienone is 12. The highest BCUT2D eigenvalue weighted by atomic mass is 16.6. The maximum atomic E-state index is 12.9. The molecule has 0 saturated heterocycles. The maximum absolute atomic E-state index is 12.9. The minimum absolute atomic E-state index is 0.0978. The van der Waals surface area contributed by atoms with Crippen LogP contribution in [0.5, 0.6) is 0 Å². The van der Waals surface area contributed by atoms with Crippen molar-refractivity contribution in [2.75, 3.05) is 13.2 Å². The van der Waals surface area contributed by atoms with Gasteiger partial charge in [0, 0.05) is 19.3 Å². The van der Waals surface area contributed by atoms with Gasteiger partial charge in [-0.1, -0.05) is 293 Å². The molecule has 0 N–H and O–H groups in total. The van der Waals surface area contributed by atoms with Crippen molar-refractivity contribution in [3.8, 4) is 0 Å². The first-order chi connectivity index (χ1) is 36.5. The zero-order valence-corrected chi connectivity index (χ0v) is 49.1. The predicted molar refractivity (Wildman–Crippen MR) is 321 cm³/mol. The van der Waals surface area contributed by atoms with Crippen LogP contribution in [0.1, 0.15) is 323 Å². The molecule has 0 aliphatic carbocycles. The Morgan fingerprint density at radius 1 is 0.284 bits per heavy atom. The topological polar surface area (TPSA) is 78.9 Å².